The number of thiazole rings is 1. The normalized spacial score (nSPS) is 10.8. The number of amides is 1. The zero-order valence-electron chi connectivity index (χ0n) is 18.7. The van der Waals surface area contributed by atoms with E-state index in [1.807, 2.05) is 20.2 Å². The Bertz CT molecular complexity index is 1020. The molecule has 0 aliphatic heterocycles. The third kappa shape index (κ3) is 5.87. The minimum Gasteiger partial charge on any atom is -0.493 e. The fraction of sp³-hybridized carbons (Fsp3) is 0.391. The largest absolute Gasteiger partial charge is 0.493 e. The summed E-state index contributed by atoms with van der Waals surface area (Å²) in [5.41, 5.74) is 2.74. The van der Waals surface area contributed by atoms with Crippen molar-refractivity contribution in [3.8, 4) is 11.5 Å². The van der Waals surface area contributed by atoms with Crippen LogP contribution in [-0.4, -0.2) is 57.2 Å². The van der Waals surface area contributed by atoms with E-state index in [4.69, 9.17) is 14.5 Å². The Hall–Kier alpha value is -2.35. The van der Waals surface area contributed by atoms with Gasteiger partial charge in [-0.2, -0.15) is 0 Å². The maximum absolute atomic E-state index is 13.5. The summed E-state index contributed by atoms with van der Waals surface area (Å²) in [7, 11) is 7.22. The molecule has 0 N–H and O–H groups in total. The first-order valence-corrected chi connectivity index (χ1v) is 10.9. The van der Waals surface area contributed by atoms with Crippen molar-refractivity contribution in [3.05, 3.63) is 47.5 Å². The number of nitrogens with zero attached hydrogens (tertiary/aromatic N) is 3. The fourth-order valence-corrected chi connectivity index (χ4v) is 4.30. The minimum absolute atomic E-state index is 0. The van der Waals surface area contributed by atoms with Gasteiger partial charge < -0.3 is 14.4 Å². The van der Waals surface area contributed by atoms with Gasteiger partial charge in [-0.05, 0) is 69.4 Å². The van der Waals surface area contributed by atoms with Gasteiger partial charge in [-0.3, -0.25) is 9.69 Å². The van der Waals surface area contributed by atoms with Gasteiger partial charge in [0.25, 0.3) is 5.91 Å². The first-order chi connectivity index (χ1) is 14.5. The third-order valence-corrected chi connectivity index (χ3v) is 5.98. The van der Waals surface area contributed by atoms with E-state index in [9.17, 15) is 4.79 Å². The standard InChI is InChI=1S/C23H29N3O3S.ClH/c1-6-16-8-10-18-21(14-16)30-23(24-18)26(13-7-12-25(2)3)22(27)17-9-11-19(28-4)20(15-17)29-5;/h8-11,14-15H,6-7,12-13H2,1-5H3;1H. The number of carbonyl (C=O) groups excluding carboxylic acids is 1. The van der Waals surface area contributed by atoms with E-state index >= 15 is 0 Å². The number of aryl methyl sites for hydroxylation is 1. The predicted molar refractivity (Wildman–Crippen MR) is 131 cm³/mol. The molecule has 0 unspecified atom stereocenters. The molecule has 0 aliphatic carbocycles. The lowest BCUT2D eigenvalue weighted by molar-refractivity contribution is 0.0985. The molecule has 0 aliphatic rings. The number of ether oxygens (including phenoxy) is 2. The predicted octanol–water partition coefficient (Wildman–Crippen LogP) is 4.90. The van der Waals surface area contributed by atoms with Crippen molar-refractivity contribution in [1.29, 1.82) is 0 Å². The fourth-order valence-electron chi connectivity index (χ4n) is 3.25. The third-order valence-electron chi connectivity index (χ3n) is 4.94. The van der Waals surface area contributed by atoms with E-state index < -0.39 is 0 Å². The molecule has 168 valence electrons. The van der Waals surface area contributed by atoms with Gasteiger partial charge in [-0.25, -0.2) is 4.98 Å². The molecule has 0 saturated heterocycles. The molecular formula is C23H30ClN3O3S. The van der Waals surface area contributed by atoms with Gasteiger partial charge in [-0.1, -0.05) is 24.3 Å². The second-order valence-electron chi connectivity index (χ2n) is 7.34. The summed E-state index contributed by atoms with van der Waals surface area (Å²) in [5, 5.41) is 0.719. The maximum atomic E-state index is 13.5. The van der Waals surface area contributed by atoms with E-state index in [1.165, 1.54) is 5.56 Å². The second kappa shape index (κ2) is 11.3. The van der Waals surface area contributed by atoms with E-state index in [-0.39, 0.29) is 18.3 Å². The molecule has 0 atom stereocenters. The van der Waals surface area contributed by atoms with Crippen LogP contribution in [0.15, 0.2) is 36.4 Å². The van der Waals surface area contributed by atoms with Crippen molar-refractivity contribution in [3.63, 3.8) is 0 Å². The number of rotatable bonds is 9. The zero-order valence-corrected chi connectivity index (χ0v) is 20.3. The Morgan fingerprint density at radius 1 is 1.03 bits per heavy atom. The molecule has 31 heavy (non-hydrogen) atoms. The number of hydrogen-bond acceptors (Lipinski definition) is 6. The summed E-state index contributed by atoms with van der Waals surface area (Å²) in [6, 6.07) is 11.5. The molecule has 1 heterocycles. The highest BCUT2D eigenvalue weighted by atomic mass is 35.5. The Balaban J connectivity index is 0.00000341. The van der Waals surface area contributed by atoms with Gasteiger partial charge in [0.1, 0.15) is 0 Å². The summed E-state index contributed by atoms with van der Waals surface area (Å²) in [6.45, 7) is 3.61. The summed E-state index contributed by atoms with van der Waals surface area (Å²) in [6.07, 6.45) is 1.82. The lowest BCUT2D eigenvalue weighted by Gasteiger charge is -2.21. The molecule has 0 fully saturated rings. The van der Waals surface area contributed by atoms with Gasteiger partial charge in [0.05, 0.1) is 24.4 Å². The molecule has 2 aromatic carbocycles. The number of fused-ring (bicyclic) bond motifs is 1. The monoisotopic (exact) mass is 463 g/mol. The van der Waals surface area contributed by atoms with Crippen LogP contribution in [0.2, 0.25) is 0 Å². The van der Waals surface area contributed by atoms with Gasteiger partial charge in [-0.15, -0.1) is 12.4 Å². The SMILES string of the molecule is CCc1ccc2nc(N(CCCN(C)C)C(=O)c3ccc(OC)c(OC)c3)sc2c1.Cl. The van der Waals surface area contributed by atoms with Gasteiger partial charge in [0.2, 0.25) is 0 Å². The van der Waals surface area contributed by atoms with Crippen LogP contribution >= 0.6 is 23.7 Å². The van der Waals surface area contributed by atoms with E-state index in [2.05, 4.69) is 24.0 Å². The molecule has 1 amide bonds. The van der Waals surface area contributed by atoms with Crippen molar-refractivity contribution < 1.29 is 14.3 Å². The number of methoxy groups -OCH3 is 2. The molecule has 0 spiro atoms. The summed E-state index contributed by atoms with van der Waals surface area (Å²) >= 11 is 1.56. The van der Waals surface area contributed by atoms with Crippen LogP contribution < -0.4 is 14.4 Å². The number of halogens is 1. The first kappa shape index (κ1) is 24.9. The zero-order chi connectivity index (χ0) is 21.7. The van der Waals surface area contributed by atoms with E-state index in [0.717, 1.165) is 34.7 Å². The lowest BCUT2D eigenvalue weighted by Crippen LogP contribution is -2.33. The summed E-state index contributed by atoms with van der Waals surface area (Å²) in [5.74, 6) is 1.04. The van der Waals surface area contributed by atoms with Crippen LogP contribution in [-0.2, 0) is 6.42 Å². The van der Waals surface area contributed by atoms with Crippen LogP contribution in [0.25, 0.3) is 10.2 Å². The Kier molecular flexibility index (Phi) is 9.10. The van der Waals surface area contributed by atoms with Gasteiger partial charge in [0.15, 0.2) is 16.6 Å². The molecule has 3 rings (SSSR count). The number of anilines is 1. The van der Waals surface area contributed by atoms with Crippen LogP contribution in [0.1, 0.15) is 29.3 Å². The molecule has 3 aromatic rings. The Morgan fingerprint density at radius 3 is 2.42 bits per heavy atom. The number of carbonyl (C=O) groups is 1. The molecule has 0 bridgehead atoms. The molecule has 0 radical (unpaired) electrons. The molecule has 8 heteroatoms. The Morgan fingerprint density at radius 2 is 1.77 bits per heavy atom. The first-order valence-electron chi connectivity index (χ1n) is 10.0. The van der Waals surface area contributed by atoms with Crippen molar-refractivity contribution in [2.45, 2.75) is 19.8 Å². The van der Waals surface area contributed by atoms with Crippen LogP contribution in [0, 0.1) is 0 Å². The summed E-state index contributed by atoms with van der Waals surface area (Å²) in [4.78, 5) is 22.1. The smallest absolute Gasteiger partial charge is 0.260 e. The highest BCUT2D eigenvalue weighted by Crippen LogP contribution is 2.32. The van der Waals surface area contributed by atoms with Crippen LogP contribution in [0.5, 0.6) is 11.5 Å². The van der Waals surface area contributed by atoms with Crippen LogP contribution in [0.3, 0.4) is 0 Å². The molecule has 6 nitrogen and oxygen atoms in total. The lowest BCUT2D eigenvalue weighted by atomic mass is 10.1. The molecular weight excluding hydrogens is 434 g/mol. The maximum Gasteiger partial charge on any atom is 0.260 e. The molecule has 0 saturated carbocycles. The van der Waals surface area contributed by atoms with Crippen molar-refractivity contribution in [1.82, 2.24) is 9.88 Å². The van der Waals surface area contributed by atoms with Gasteiger partial charge >= 0.3 is 0 Å². The van der Waals surface area contributed by atoms with Gasteiger partial charge in [0, 0.05) is 12.1 Å². The average molecular weight is 464 g/mol. The quantitative estimate of drug-likeness (QED) is 0.452. The minimum atomic E-state index is -0.0931. The van der Waals surface area contributed by atoms with Crippen molar-refractivity contribution in [2.75, 3.05) is 46.3 Å². The Labute approximate surface area is 194 Å². The number of hydrogen-bond donors (Lipinski definition) is 0. The second-order valence-corrected chi connectivity index (χ2v) is 8.34. The topological polar surface area (TPSA) is 54.9 Å². The van der Waals surface area contributed by atoms with Crippen LogP contribution in [0.4, 0.5) is 5.13 Å². The highest BCUT2D eigenvalue weighted by Gasteiger charge is 2.22. The van der Waals surface area contributed by atoms with E-state index in [0.29, 0.717) is 23.6 Å². The average Bonchev–Trinajstić information content (AvgIpc) is 3.18. The highest BCUT2D eigenvalue weighted by molar-refractivity contribution is 7.22. The molecule has 1 aromatic heterocycles. The number of aromatic nitrogens is 1. The van der Waals surface area contributed by atoms with Crippen molar-refractivity contribution in [2.24, 2.45) is 0 Å². The van der Waals surface area contributed by atoms with Crippen molar-refractivity contribution >= 4 is 45.0 Å². The van der Waals surface area contributed by atoms with E-state index in [1.54, 1.807) is 48.7 Å². The number of benzene rings is 2. The summed E-state index contributed by atoms with van der Waals surface area (Å²) < 4.78 is 11.8.